The van der Waals surface area contributed by atoms with Gasteiger partial charge in [-0.15, -0.1) is 0 Å². The monoisotopic (exact) mass is 503 g/mol. The molecule has 36 heavy (non-hydrogen) atoms. The molecule has 8 nitrogen and oxygen atoms in total. The van der Waals surface area contributed by atoms with Gasteiger partial charge in [-0.2, -0.15) is 5.26 Å². The molecule has 3 saturated heterocycles. The Bertz CT molecular complexity index is 1450. The summed E-state index contributed by atoms with van der Waals surface area (Å²) in [6.07, 6.45) is 1.10. The van der Waals surface area contributed by atoms with Crippen molar-refractivity contribution in [3.8, 4) is 11.9 Å². The molecular formula is C27H22ClN3O5. The second-order valence-electron chi connectivity index (χ2n) is 9.74. The van der Waals surface area contributed by atoms with E-state index >= 15 is 0 Å². The number of aliphatic hydroxyl groups excluding tert-OH is 1. The highest BCUT2D eigenvalue weighted by Gasteiger charge is 2.77. The van der Waals surface area contributed by atoms with Crippen molar-refractivity contribution in [1.29, 1.82) is 5.26 Å². The van der Waals surface area contributed by atoms with Gasteiger partial charge in [0.15, 0.2) is 0 Å². The molecular weight excluding hydrogens is 482 g/mol. The maximum atomic E-state index is 13.9. The molecule has 4 heterocycles. The minimum absolute atomic E-state index is 0.182. The molecule has 2 aromatic carbocycles. The number of aromatic nitrogens is 1. The van der Waals surface area contributed by atoms with Crippen molar-refractivity contribution in [2.24, 2.45) is 11.8 Å². The van der Waals surface area contributed by atoms with Crippen LogP contribution in [0, 0.1) is 23.2 Å². The molecule has 1 aromatic heterocycles. The van der Waals surface area contributed by atoms with Crippen LogP contribution in [0.25, 0.3) is 10.8 Å². The van der Waals surface area contributed by atoms with Gasteiger partial charge in [0.05, 0.1) is 52.5 Å². The smallest absolute Gasteiger partial charge is 0.240 e. The summed E-state index contributed by atoms with van der Waals surface area (Å²) in [4.78, 5) is 33.1. The summed E-state index contributed by atoms with van der Waals surface area (Å²) < 4.78 is 12.1. The van der Waals surface area contributed by atoms with E-state index in [4.69, 9.17) is 21.1 Å². The third-order valence-corrected chi connectivity index (χ3v) is 8.08. The maximum Gasteiger partial charge on any atom is 0.240 e. The predicted octanol–water partition coefficient (Wildman–Crippen LogP) is 3.63. The Morgan fingerprint density at radius 2 is 1.92 bits per heavy atom. The van der Waals surface area contributed by atoms with Crippen molar-refractivity contribution in [3.63, 3.8) is 0 Å². The Labute approximate surface area is 212 Å². The van der Waals surface area contributed by atoms with Gasteiger partial charge in [0, 0.05) is 35.9 Å². The third kappa shape index (κ3) is 3.10. The highest BCUT2D eigenvalue weighted by atomic mass is 35.5. The number of amides is 2. The average Bonchev–Trinajstić information content (AvgIpc) is 3.41. The molecule has 3 aliphatic rings. The van der Waals surface area contributed by atoms with Crippen LogP contribution in [0.5, 0.6) is 5.88 Å². The number of nitrogens with zero attached hydrogens (tertiary/aromatic N) is 3. The van der Waals surface area contributed by atoms with Crippen LogP contribution >= 0.6 is 11.6 Å². The molecule has 0 saturated carbocycles. The summed E-state index contributed by atoms with van der Waals surface area (Å²) in [6.45, 7) is 1.89. The van der Waals surface area contributed by atoms with Crippen LogP contribution < -0.4 is 9.64 Å². The van der Waals surface area contributed by atoms with Gasteiger partial charge in [-0.25, -0.2) is 9.88 Å². The number of carbonyl (C=O) groups is 2. The Morgan fingerprint density at radius 1 is 1.17 bits per heavy atom. The highest BCUT2D eigenvalue weighted by Crippen LogP contribution is 2.62. The number of ether oxygens (including phenoxy) is 2. The lowest BCUT2D eigenvalue weighted by Gasteiger charge is -2.33. The number of halogens is 1. The summed E-state index contributed by atoms with van der Waals surface area (Å²) in [5.74, 6) is -1.96. The van der Waals surface area contributed by atoms with Gasteiger partial charge >= 0.3 is 0 Å². The standard InChI is InChI=1S/C27H22ClN3O5/c1-26-20(32)12-27(36-26,10-11-35-21-9-7-16(28)14-30-21)23-22(26)24(33)31(25(23)34)19-8-6-15(13-29)17-4-2-3-5-18(17)19/h2-9,14,20,22-23,32H,10-12H2,1H3/t20?,22?,23?,26-,27-/m0/s1. The van der Waals surface area contributed by atoms with Gasteiger partial charge in [0.1, 0.15) is 5.60 Å². The molecule has 0 radical (unpaired) electrons. The summed E-state index contributed by atoms with van der Waals surface area (Å²) in [5, 5.41) is 22.2. The van der Waals surface area contributed by atoms with Crippen LogP contribution in [0.1, 0.15) is 25.3 Å². The van der Waals surface area contributed by atoms with E-state index in [1.54, 1.807) is 49.4 Å². The van der Waals surface area contributed by atoms with E-state index in [2.05, 4.69) is 11.1 Å². The zero-order valence-electron chi connectivity index (χ0n) is 19.3. The van der Waals surface area contributed by atoms with Crippen LogP contribution in [0.3, 0.4) is 0 Å². The topological polar surface area (TPSA) is 113 Å². The number of hydrogen-bond donors (Lipinski definition) is 1. The lowest BCUT2D eigenvalue weighted by Crippen LogP contribution is -2.49. The van der Waals surface area contributed by atoms with Crippen LogP contribution in [0.15, 0.2) is 54.7 Å². The largest absolute Gasteiger partial charge is 0.478 e. The van der Waals surface area contributed by atoms with Gasteiger partial charge in [-0.1, -0.05) is 35.9 Å². The van der Waals surface area contributed by atoms with Gasteiger partial charge in [0.25, 0.3) is 0 Å². The maximum absolute atomic E-state index is 13.9. The van der Waals surface area contributed by atoms with E-state index in [0.717, 1.165) is 0 Å². The molecule has 6 rings (SSSR count). The first-order valence-electron chi connectivity index (χ1n) is 11.7. The first-order chi connectivity index (χ1) is 17.3. The van der Waals surface area contributed by atoms with Crippen molar-refractivity contribution >= 4 is 39.9 Å². The van der Waals surface area contributed by atoms with Gasteiger partial charge < -0.3 is 14.6 Å². The lowest BCUT2D eigenvalue weighted by molar-refractivity contribution is -0.134. The van der Waals surface area contributed by atoms with E-state index in [9.17, 15) is 20.0 Å². The van der Waals surface area contributed by atoms with Crippen molar-refractivity contribution in [1.82, 2.24) is 4.98 Å². The minimum atomic E-state index is -1.19. The fourth-order valence-electron chi connectivity index (χ4n) is 6.21. The average molecular weight is 504 g/mol. The molecule has 2 amide bonds. The number of imide groups is 1. The number of rotatable bonds is 5. The van der Waals surface area contributed by atoms with Crippen molar-refractivity contribution in [2.45, 2.75) is 37.1 Å². The van der Waals surface area contributed by atoms with E-state index in [-0.39, 0.29) is 18.9 Å². The number of nitriles is 1. The zero-order valence-corrected chi connectivity index (χ0v) is 20.1. The van der Waals surface area contributed by atoms with E-state index in [0.29, 0.717) is 39.3 Å². The number of carbonyl (C=O) groups excluding carboxylic acids is 2. The predicted molar refractivity (Wildman–Crippen MR) is 130 cm³/mol. The lowest BCUT2D eigenvalue weighted by atomic mass is 9.66. The molecule has 0 spiro atoms. The Kier molecular flexibility index (Phi) is 5.09. The van der Waals surface area contributed by atoms with Crippen molar-refractivity contribution in [3.05, 3.63) is 65.3 Å². The number of pyridine rings is 1. The first kappa shape index (κ1) is 22.9. The summed E-state index contributed by atoms with van der Waals surface area (Å²) in [6, 6.07) is 15.9. The minimum Gasteiger partial charge on any atom is -0.478 e. The molecule has 0 aliphatic carbocycles. The molecule has 3 unspecified atom stereocenters. The van der Waals surface area contributed by atoms with Crippen LogP contribution in [0.4, 0.5) is 5.69 Å². The van der Waals surface area contributed by atoms with Crippen LogP contribution in [-0.2, 0) is 14.3 Å². The molecule has 1 N–H and O–H groups in total. The van der Waals surface area contributed by atoms with E-state index in [1.807, 2.05) is 6.07 Å². The van der Waals surface area contributed by atoms with Gasteiger partial charge in [-0.05, 0) is 25.1 Å². The normalized spacial score (nSPS) is 30.6. The van der Waals surface area contributed by atoms with Gasteiger partial charge in [0.2, 0.25) is 17.7 Å². The summed E-state index contributed by atoms with van der Waals surface area (Å²) in [7, 11) is 0. The molecule has 9 heteroatoms. The SMILES string of the molecule is C[C@]12O[C@@](CCOc3ccc(Cl)cn3)(CC1O)C1C(=O)N(c3ccc(C#N)c4ccccc34)C(=O)C12. The molecule has 3 aromatic rings. The molecule has 182 valence electrons. The molecule has 3 fully saturated rings. The van der Waals surface area contributed by atoms with Gasteiger partial charge in [-0.3, -0.25) is 9.59 Å². The number of hydrogen-bond acceptors (Lipinski definition) is 7. The fraction of sp³-hybridized carbons (Fsp3) is 0.333. The third-order valence-electron chi connectivity index (χ3n) is 7.85. The summed E-state index contributed by atoms with van der Waals surface area (Å²) >= 11 is 5.88. The van der Waals surface area contributed by atoms with Crippen LogP contribution in [0.2, 0.25) is 5.02 Å². The second-order valence-corrected chi connectivity index (χ2v) is 10.2. The number of anilines is 1. The molecule has 5 atom stereocenters. The summed E-state index contributed by atoms with van der Waals surface area (Å²) in [5.41, 5.74) is -1.34. The molecule has 3 aliphatic heterocycles. The molecule has 2 bridgehead atoms. The second kappa shape index (κ2) is 8.00. The van der Waals surface area contributed by atoms with Crippen molar-refractivity contribution < 1.29 is 24.2 Å². The van der Waals surface area contributed by atoms with E-state index in [1.165, 1.54) is 11.1 Å². The Morgan fingerprint density at radius 3 is 2.64 bits per heavy atom. The number of fused-ring (bicyclic) bond motifs is 6. The number of aliphatic hydroxyl groups is 1. The highest BCUT2D eigenvalue weighted by molar-refractivity contribution is 6.30. The van der Waals surface area contributed by atoms with E-state index < -0.39 is 35.0 Å². The Hall–Kier alpha value is -3.51. The van der Waals surface area contributed by atoms with Crippen molar-refractivity contribution in [2.75, 3.05) is 11.5 Å². The first-order valence-corrected chi connectivity index (χ1v) is 12.1. The van der Waals surface area contributed by atoms with Crippen LogP contribution in [-0.4, -0.2) is 45.8 Å². The fourth-order valence-corrected chi connectivity index (χ4v) is 6.33. The Balaban J connectivity index is 1.35. The zero-order chi connectivity index (χ0) is 25.2. The quantitative estimate of drug-likeness (QED) is 0.529. The number of benzene rings is 2.